The molecule has 7 nitrogen and oxygen atoms in total. The number of nitrogens with two attached hydrogens (primary N) is 2. The quantitative estimate of drug-likeness (QED) is 0.502. The number of nitrogens with zero attached hydrogens (tertiary/aromatic N) is 1. The Balaban J connectivity index is 2.56. The van der Waals surface area contributed by atoms with Gasteiger partial charge >= 0.3 is 0 Å². The van der Waals surface area contributed by atoms with E-state index in [1.165, 1.54) is 0 Å². The molecule has 82 valence electrons. The predicted octanol–water partition coefficient (Wildman–Crippen LogP) is -1.14. The molecular weight excluding hydrogens is 198 g/mol. The summed E-state index contributed by atoms with van der Waals surface area (Å²) in [6.07, 6.45) is 1.38. The number of carbonyl (C=O) groups excluding carboxylic acids is 2. The Bertz CT molecular complexity index is 373. The molecule has 0 spiro atoms. The highest BCUT2D eigenvalue weighted by Gasteiger charge is 2.17. The third-order valence-electron chi connectivity index (χ3n) is 1.83. The van der Waals surface area contributed by atoms with Gasteiger partial charge in [-0.05, 0) is 6.92 Å². The van der Waals surface area contributed by atoms with Crippen LogP contribution in [-0.2, 0) is 9.59 Å². The van der Waals surface area contributed by atoms with Crippen molar-refractivity contribution in [3.63, 3.8) is 0 Å². The first-order chi connectivity index (χ1) is 7.00. The minimum atomic E-state index is -0.940. The lowest BCUT2D eigenvalue weighted by atomic mass is 10.2. The summed E-state index contributed by atoms with van der Waals surface area (Å²) in [4.78, 5) is 21.9. The first kappa shape index (κ1) is 11.2. The maximum Gasteiger partial charge on any atom is 0.242 e. The molecule has 0 fully saturated rings. The monoisotopic (exact) mass is 211 g/mol. The fourth-order valence-corrected chi connectivity index (χ4v) is 0.998. The number of hydrogen-bond donors (Lipinski definition) is 4. The summed E-state index contributed by atoms with van der Waals surface area (Å²) in [7, 11) is 0. The second-order valence-electron chi connectivity index (χ2n) is 3.19. The highest BCUT2D eigenvalue weighted by atomic mass is 16.2. The summed E-state index contributed by atoms with van der Waals surface area (Å²) in [6.45, 7) is 1.78. The number of rotatable bonds is 4. The van der Waals surface area contributed by atoms with Crippen LogP contribution in [0.2, 0.25) is 0 Å². The van der Waals surface area contributed by atoms with Crippen LogP contribution in [0.1, 0.15) is 12.0 Å². The molecule has 0 aliphatic heterocycles. The molecule has 2 amide bonds. The lowest BCUT2D eigenvalue weighted by Crippen LogP contribution is -2.39. The van der Waals surface area contributed by atoms with Crippen LogP contribution in [-0.4, -0.2) is 28.1 Å². The number of carbonyl (C=O) groups is 2. The number of aromatic amines is 1. The number of nitrogens with one attached hydrogen (secondary N) is 2. The fourth-order valence-electron chi connectivity index (χ4n) is 0.998. The molecule has 15 heavy (non-hydrogen) atoms. The van der Waals surface area contributed by atoms with E-state index in [1.807, 2.05) is 0 Å². The van der Waals surface area contributed by atoms with Gasteiger partial charge in [-0.25, -0.2) is 0 Å². The molecule has 0 saturated heterocycles. The van der Waals surface area contributed by atoms with Crippen LogP contribution in [0.3, 0.4) is 0 Å². The Hall–Kier alpha value is -1.89. The van der Waals surface area contributed by atoms with Crippen molar-refractivity contribution >= 4 is 17.6 Å². The van der Waals surface area contributed by atoms with E-state index < -0.39 is 17.9 Å². The summed E-state index contributed by atoms with van der Waals surface area (Å²) in [5.74, 6) is -0.611. The SMILES string of the molecule is Cc1cn[nH]c1NC(=O)C(N)CC(N)=O. The average molecular weight is 211 g/mol. The first-order valence-corrected chi connectivity index (χ1v) is 4.35. The topological polar surface area (TPSA) is 127 Å². The molecule has 1 heterocycles. The van der Waals surface area contributed by atoms with Crippen molar-refractivity contribution in [3.8, 4) is 0 Å². The lowest BCUT2D eigenvalue weighted by molar-refractivity contribution is -0.123. The van der Waals surface area contributed by atoms with Crippen LogP contribution in [0, 0.1) is 6.92 Å². The van der Waals surface area contributed by atoms with E-state index in [9.17, 15) is 9.59 Å². The van der Waals surface area contributed by atoms with Crippen molar-refractivity contribution in [1.82, 2.24) is 10.2 Å². The van der Waals surface area contributed by atoms with Crippen LogP contribution >= 0.6 is 0 Å². The molecule has 1 rings (SSSR count). The smallest absolute Gasteiger partial charge is 0.242 e. The first-order valence-electron chi connectivity index (χ1n) is 4.35. The van der Waals surface area contributed by atoms with Crippen LogP contribution in [0.5, 0.6) is 0 Å². The molecule has 1 aromatic heterocycles. The van der Waals surface area contributed by atoms with E-state index in [0.29, 0.717) is 5.82 Å². The number of amides is 2. The standard InChI is InChI=1S/C8H13N5O2/c1-4-3-11-13-7(4)12-8(15)5(9)2-6(10)14/h3,5H,2,9H2,1H3,(H2,10,14)(H2,11,12,13,15). The molecule has 1 unspecified atom stereocenters. The Morgan fingerprint density at radius 1 is 1.67 bits per heavy atom. The van der Waals surface area contributed by atoms with Crippen molar-refractivity contribution in [3.05, 3.63) is 11.8 Å². The van der Waals surface area contributed by atoms with Crippen molar-refractivity contribution in [2.24, 2.45) is 11.5 Å². The predicted molar refractivity (Wildman–Crippen MR) is 53.7 cm³/mol. The van der Waals surface area contributed by atoms with Gasteiger partial charge in [0, 0.05) is 5.56 Å². The molecule has 7 heteroatoms. The van der Waals surface area contributed by atoms with Gasteiger partial charge in [-0.15, -0.1) is 0 Å². The van der Waals surface area contributed by atoms with Gasteiger partial charge in [0.05, 0.1) is 18.7 Å². The zero-order valence-electron chi connectivity index (χ0n) is 8.28. The third kappa shape index (κ3) is 3.06. The zero-order chi connectivity index (χ0) is 11.4. The summed E-state index contributed by atoms with van der Waals surface area (Å²) in [5, 5.41) is 8.82. The molecule has 0 aliphatic rings. The van der Waals surface area contributed by atoms with E-state index in [1.54, 1.807) is 13.1 Å². The van der Waals surface area contributed by atoms with Crippen molar-refractivity contribution in [2.45, 2.75) is 19.4 Å². The molecular formula is C8H13N5O2. The van der Waals surface area contributed by atoms with Gasteiger partial charge in [-0.1, -0.05) is 0 Å². The molecule has 1 aromatic rings. The Kier molecular flexibility index (Phi) is 3.40. The lowest BCUT2D eigenvalue weighted by Gasteiger charge is -2.09. The summed E-state index contributed by atoms with van der Waals surface area (Å²) in [5.41, 5.74) is 11.1. The van der Waals surface area contributed by atoms with Crippen LogP contribution in [0.15, 0.2) is 6.20 Å². The molecule has 0 saturated carbocycles. The van der Waals surface area contributed by atoms with Gasteiger partial charge in [-0.2, -0.15) is 5.10 Å². The summed E-state index contributed by atoms with van der Waals surface area (Å²) < 4.78 is 0. The maximum absolute atomic E-state index is 11.4. The average Bonchev–Trinajstić information content (AvgIpc) is 2.50. The van der Waals surface area contributed by atoms with E-state index in [2.05, 4.69) is 15.5 Å². The fraction of sp³-hybridized carbons (Fsp3) is 0.375. The zero-order valence-corrected chi connectivity index (χ0v) is 8.28. The number of anilines is 1. The normalized spacial score (nSPS) is 12.1. The largest absolute Gasteiger partial charge is 0.370 e. The second kappa shape index (κ2) is 4.56. The van der Waals surface area contributed by atoms with Gasteiger partial charge in [-0.3, -0.25) is 14.7 Å². The molecule has 0 radical (unpaired) electrons. The minimum Gasteiger partial charge on any atom is -0.370 e. The van der Waals surface area contributed by atoms with Gasteiger partial charge in [0.1, 0.15) is 5.82 Å². The highest BCUT2D eigenvalue weighted by molar-refractivity contribution is 5.96. The van der Waals surface area contributed by atoms with Gasteiger partial charge in [0.25, 0.3) is 0 Å². The summed E-state index contributed by atoms with van der Waals surface area (Å²) >= 11 is 0. The van der Waals surface area contributed by atoms with Gasteiger partial charge in [0.2, 0.25) is 11.8 Å². The Morgan fingerprint density at radius 3 is 2.80 bits per heavy atom. The molecule has 1 atom stereocenters. The highest BCUT2D eigenvalue weighted by Crippen LogP contribution is 2.08. The number of hydrogen-bond acceptors (Lipinski definition) is 4. The van der Waals surface area contributed by atoms with E-state index in [0.717, 1.165) is 5.56 Å². The number of primary amides is 1. The second-order valence-corrected chi connectivity index (χ2v) is 3.19. The van der Waals surface area contributed by atoms with Crippen LogP contribution in [0.4, 0.5) is 5.82 Å². The Morgan fingerprint density at radius 2 is 2.33 bits per heavy atom. The maximum atomic E-state index is 11.4. The molecule has 6 N–H and O–H groups in total. The summed E-state index contributed by atoms with van der Waals surface area (Å²) in [6, 6.07) is -0.940. The van der Waals surface area contributed by atoms with Crippen molar-refractivity contribution in [1.29, 1.82) is 0 Å². The van der Waals surface area contributed by atoms with Gasteiger partial charge in [0.15, 0.2) is 0 Å². The number of aryl methyl sites for hydroxylation is 1. The van der Waals surface area contributed by atoms with E-state index >= 15 is 0 Å². The number of H-pyrrole nitrogens is 1. The third-order valence-corrected chi connectivity index (χ3v) is 1.83. The Labute approximate surface area is 86.2 Å². The number of aromatic nitrogens is 2. The van der Waals surface area contributed by atoms with Crippen molar-refractivity contribution < 1.29 is 9.59 Å². The molecule has 0 aliphatic carbocycles. The van der Waals surface area contributed by atoms with Crippen molar-refractivity contribution in [2.75, 3.05) is 5.32 Å². The molecule has 0 aromatic carbocycles. The molecule has 0 bridgehead atoms. The van der Waals surface area contributed by atoms with Crippen LogP contribution < -0.4 is 16.8 Å². The minimum absolute atomic E-state index is 0.182. The van der Waals surface area contributed by atoms with E-state index in [-0.39, 0.29) is 6.42 Å². The van der Waals surface area contributed by atoms with Crippen LogP contribution in [0.25, 0.3) is 0 Å². The van der Waals surface area contributed by atoms with Gasteiger partial charge < -0.3 is 16.8 Å². The van der Waals surface area contributed by atoms with E-state index in [4.69, 9.17) is 11.5 Å².